The van der Waals surface area contributed by atoms with Gasteiger partial charge in [-0.3, -0.25) is 37.3 Å². The largest absolute Gasteiger partial charge is 0.472 e. The summed E-state index contributed by atoms with van der Waals surface area (Å²) in [5.74, 6) is -1.44. The minimum atomic E-state index is -4.96. The summed E-state index contributed by atoms with van der Waals surface area (Å²) in [6.45, 7) is 7.08. The molecule has 0 aromatic heterocycles. The smallest absolute Gasteiger partial charge is 0.462 e. The molecule has 0 radical (unpaired) electrons. The van der Waals surface area contributed by atoms with Crippen molar-refractivity contribution in [3.63, 3.8) is 0 Å². The molecule has 0 aliphatic carbocycles. The Labute approximate surface area is 522 Å². The zero-order chi connectivity index (χ0) is 63.5. The molecule has 6 atom stereocenters. The summed E-state index contributed by atoms with van der Waals surface area (Å²) >= 11 is 0. The van der Waals surface area contributed by atoms with Crippen molar-refractivity contribution in [2.75, 3.05) is 39.6 Å². The van der Waals surface area contributed by atoms with Gasteiger partial charge in [-0.15, -0.1) is 0 Å². The van der Waals surface area contributed by atoms with E-state index in [1.807, 2.05) is 0 Å². The molecule has 19 heteroatoms. The lowest BCUT2D eigenvalue weighted by molar-refractivity contribution is -0.161. The Bertz CT molecular complexity index is 1760. The molecule has 3 N–H and O–H groups in total. The van der Waals surface area contributed by atoms with Crippen LogP contribution in [0.15, 0.2) is 24.3 Å². The number of hydrogen-bond acceptors (Lipinski definition) is 15. The number of ether oxygens (including phenoxy) is 4. The molecule has 0 aliphatic rings. The zero-order valence-electron chi connectivity index (χ0n) is 54.9. The van der Waals surface area contributed by atoms with Crippen molar-refractivity contribution in [3.05, 3.63) is 24.3 Å². The van der Waals surface area contributed by atoms with Crippen molar-refractivity contribution in [3.8, 4) is 0 Å². The van der Waals surface area contributed by atoms with Crippen molar-refractivity contribution in [1.29, 1.82) is 0 Å². The highest BCUT2D eigenvalue weighted by Gasteiger charge is 2.30. The van der Waals surface area contributed by atoms with Gasteiger partial charge in [0, 0.05) is 25.7 Å². The van der Waals surface area contributed by atoms with Crippen LogP contribution in [0.1, 0.15) is 317 Å². The fourth-order valence-electron chi connectivity index (χ4n) is 9.54. The average molecular weight is 1270 g/mol. The number of allylic oxidation sites excluding steroid dienone is 4. The quantitative estimate of drug-likeness (QED) is 0.0169. The van der Waals surface area contributed by atoms with E-state index in [4.69, 9.17) is 37.0 Å². The van der Waals surface area contributed by atoms with Crippen LogP contribution in [-0.2, 0) is 65.4 Å². The van der Waals surface area contributed by atoms with E-state index >= 15 is 0 Å². The molecule has 506 valence electrons. The number of unbranched alkanes of at least 4 members (excludes halogenated alkanes) is 33. The van der Waals surface area contributed by atoms with E-state index in [9.17, 15) is 43.2 Å². The molecule has 0 fully saturated rings. The number of rotatable bonds is 65. The molecule has 17 nitrogen and oxygen atoms in total. The maximum Gasteiger partial charge on any atom is 0.472 e. The fraction of sp³-hybridized carbons (Fsp3) is 0.881. The monoisotopic (exact) mass is 1260 g/mol. The van der Waals surface area contributed by atoms with Crippen LogP contribution in [0.2, 0.25) is 0 Å². The third-order valence-corrected chi connectivity index (χ3v) is 17.2. The zero-order valence-corrected chi connectivity index (χ0v) is 56.7. The maximum absolute atomic E-state index is 13.0. The maximum atomic E-state index is 13.0. The molecule has 0 bridgehead atoms. The summed E-state index contributed by atoms with van der Waals surface area (Å²) in [6, 6.07) is 0. The Balaban J connectivity index is 5.27. The van der Waals surface area contributed by atoms with Crippen molar-refractivity contribution in [2.45, 2.75) is 335 Å². The van der Waals surface area contributed by atoms with Crippen LogP contribution in [0.4, 0.5) is 0 Å². The van der Waals surface area contributed by atoms with E-state index in [2.05, 4.69) is 58.9 Å². The van der Waals surface area contributed by atoms with Crippen molar-refractivity contribution in [1.82, 2.24) is 0 Å². The van der Waals surface area contributed by atoms with E-state index in [0.717, 1.165) is 115 Å². The van der Waals surface area contributed by atoms with Crippen LogP contribution in [0.3, 0.4) is 0 Å². The third kappa shape index (κ3) is 59.2. The molecular weight excluding hydrogens is 1140 g/mol. The van der Waals surface area contributed by atoms with E-state index in [1.165, 1.54) is 122 Å². The second-order valence-corrected chi connectivity index (χ2v) is 26.7. The average Bonchev–Trinajstić information content (AvgIpc) is 3.69. The van der Waals surface area contributed by atoms with E-state index < -0.39 is 97.5 Å². The summed E-state index contributed by atoms with van der Waals surface area (Å²) in [5.41, 5.74) is 0. The Kier molecular flexibility index (Phi) is 58.4. The fourth-order valence-corrected chi connectivity index (χ4v) is 11.1. The second kappa shape index (κ2) is 60.1. The van der Waals surface area contributed by atoms with Crippen LogP contribution < -0.4 is 0 Å². The molecule has 0 rings (SSSR count). The van der Waals surface area contributed by atoms with Crippen molar-refractivity contribution in [2.24, 2.45) is 5.92 Å². The Morgan fingerprint density at radius 1 is 0.372 bits per heavy atom. The summed E-state index contributed by atoms with van der Waals surface area (Å²) in [6.07, 6.45) is 48.1. The van der Waals surface area contributed by atoms with Gasteiger partial charge in [-0.25, -0.2) is 9.13 Å². The lowest BCUT2D eigenvalue weighted by atomic mass is 10.00. The molecular formula is C67H126O17P2. The van der Waals surface area contributed by atoms with Crippen molar-refractivity contribution < 1.29 is 80.2 Å². The molecule has 0 amide bonds. The topological polar surface area (TPSA) is 237 Å². The molecule has 0 heterocycles. The first kappa shape index (κ1) is 83.5. The van der Waals surface area contributed by atoms with Gasteiger partial charge in [0.05, 0.1) is 26.4 Å². The number of aliphatic hydroxyl groups excluding tert-OH is 1. The lowest BCUT2D eigenvalue weighted by Crippen LogP contribution is -2.30. The standard InChI is InChI=1S/C67H126O17P2/c1-6-10-13-16-19-22-24-26-27-29-31-33-36-42-47-52-66(71)83-62(56-78-65(70)51-46-41-35-32-30-28-25-23-20-17-14-11-7-2)58-81-85(73,74)79-54-61(68)55-80-86(75,76)82-59-63(57-77-64(69)50-45-40-34-21-18-15-12-8-3)84-67(72)53-48-43-38-37-39-44-49-60(5)9-4/h22,24,26-27,60-63,68H,6-21,23,25,28-59H2,1-5H3,(H,73,74)(H,75,76)/b24-22-,27-26-/t60?,61-,62-,63-/m1/s1. The van der Waals surface area contributed by atoms with Crippen LogP contribution >= 0.6 is 15.6 Å². The van der Waals surface area contributed by atoms with E-state index in [1.54, 1.807) is 0 Å². The van der Waals surface area contributed by atoms with Gasteiger partial charge in [0.2, 0.25) is 0 Å². The van der Waals surface area contributed by atoms with Crippen LogP contribution in [-0.4, -0.2) is 96.7 Å². The minimum Gasteiger partial charge on any atom is -0.462 e. The molecule has 0 aromatic carbocycles. The van der Waals surface area contributed by atoms with Gasteiger partial charge in [-0.05, 0) is 57.3 Å². The van der Waals surface area contributed by atoms with Gasteiger partial charge < -0.3 is 33.8 Å². The highest BCUT2D eigenvalue weighted by atomic mass is 31.2. The predicted molar refractivity (Wildman–Crippen MR) is 344 cm³/mol. The molecule has 0 spiro atoms. The Morgan fingerprint density at radius 2 is 0.651 bits per heavy atom. The Morgan fingerprint density at radius 3 is 0.988 bits per heavy atom. The molecule has 86 heavy (non-hydrogen) atoms. The molecule has 0 aromatic rings. The van der Waals surface area contributed by atoms with Crippen LogP contribution in [0, 0.1) is 5.92 Å². The van der Waals surface area contributed by atoms with E-state index in [0.29, 0.717) is 25.7 Å². The molecule has 0 saturated heterocycles. The molecule has 3 unspecified atom stereocenters. The molecule has 0 saturated carbocycles. The van der Waals surface area contributed by atoms with Crippen molar-refractivity contribution >= 4 is 39.5 Å². The number of aliphatic hydroxyl groups is 1. The summed E-state index contributed by atoms with van der Waals surface area (Å²) in [7, 11) is -9.90. The third-order valence-electron chi connectivity index (χ3n) is 15.3. The summed E-state index contributed by atoms with van der Waals surface area (Å²) in [4.78, 5) is 72.3. The summed E-state index contributed by atoms with van der Waals surface area (Å²) < 4.78 is 68.0. The van der Waals surface area contributed by atoms with Gasteiger partial charge in [-0.1, -0.05) is 264 Å². The minimum absolute atomic E-state index is 0.0852. The van der Waals surface area contributed by atoms with Crippen LogP contribution in [0.25, 0.3) is 0 Å². The van der Waals surface area contributed by atoms with Crippen LogP contribution in [0.5, 0.6) is 0 Å². The number of carbonyl (C=O) groups is 4. The first-order valence-electron chi connectivity index (χ1n) is 34.5. The number of carbonyl (C=O) groups excluding carboxylic acids is 4. The van der Waals surface area contributed by atoms with Gasteiger partial charge in [0.15, 0.2) is 12.2 Å². The predicted octanol–water partition coefficient (Wildman–Crippen LogP) is 18.5. The SMILES string of the molecule is CCCCCC/C=C\C=C/CCCCCCCC(=O)O[C@H](COC(=O)CCCCCCCCCCCCCCC)COP(=O)(O)OC[C@@H](O)COP(=O)(O)OC[C@@H](COC(=O)CCCCCCCCCC)OC(=O)CCCCCCCCC(C)CC. The molecule has 0 aliphatic heterocycles. The van der Waals surface area contributed by atoms with Gasteiger partial charge in [-0.2, -0.15) is 0 Å². The Hall–Kier alpha value is -2.46. The number of phosphoric ester groups is 2. The normalized spacial score (nSPS) is 14.7. The first-order chi connectivity index (χ1) is 41.6. The number of hydrogen-bond donors (Lipinski definition) is 3. The first-order valence-corrected chi connectivity index (χ1v) is 37.5. The lowest BCUT2D eigenvalue weighted by Gasteiger charge is -2.21. The number of esters is 4. The highest BCUT2D eigenvalue weighted by Crippen LogP contribution is 2.45. The van der Waals surface area contributed by atoms with Gasteiger partial charge in [0.1, 0.15) is 19.3 Å². The highest BCUT2D eigenvalue weighted by molar-refractivity contribution is 7.47. The van der Waals surface area contributed by atoms with E-state index in [-0.39, 0.29) is 25.7 Å². The number of phosphoric acid groups is 2. The summed E-state index contributed by atoms with van der Waals surface area (Å²) in [5, 5.41) is 10.5. The van der Waals surface area contributed by atoms with Gasteiger partial charge >= 0.3 is 39.5 Å². The second-order valence-electron chi connectivity index (χ2n) is 23.8. The van der Waals surface area contributed by atoms with Gasteiger partial charge in [0.25, 0.3) is 0 Å².